The summed E-state index contributed by atoms with van der Waals surface area (Å²) in [5, 5.41) is 19.6. The Balaban J connectivity index is 1.65. The summed E-state index contributed by atoms with van der Waals surface area (Å²) in [5.41, 5.74) is 0.487. The molecule has 1 N–H and O–H groups in total. The molecule has 0 radical (unpaired) electrons. The molecule has 0 spiro atoms. The molecular formula is C22H23FN2O3S2. The summed E-state index contributed by atoms with van der Waals surface area (Å²) in [6, 6.07) is 11.9. The van der Waals surface area contributed by atoms with Crippen LogP contribution in [-0.4, -0.2) is 26.9 Å². The Morgan fingerprint density at radius 1 is 1.23 bits per heavy atom. The molecule has 30 heavy (non-hydrogen) atoms. The van der Waals surface area contributed by atoms with Crippen molar-refractivity contribution in [3.05, 3.63) is 58.9 Å². The normalized spacial score (nSPS) is 13.1. The number of halogens is 1. The molecule has 0 bridgehead atoms. The second kappa shape index (κ2) is 9.57. The molecule has 0 amide bonds. The molecule has 0 aliphatic carbocycles. The molecule has 1 atom stereocenters. The topological polar surface area (TPSA) is 72.3 Å². The molecule has 1 heterocycles. The third-order valence-electron chi connectivity index (χ3n) is 4.58. The van der Waals surface area contributed by atoms with Gasteiger partial charge in [0.1, 0.15) is 21.6 Å². The summed E-state index contributed by atoms with van der Waals surface area (Å²) in [6.07, 6.45) is 1.16. The third-order valence-corrected chi connectivity index (χ3v) is 6.74. The number of ether oxygens (including phenoxy) is 1. The Bertz CT molecular complexity index is 1020. The van der Waals surface area contributed by atoms with Gasteiger partial charge in [-0.2, -0.15) is 0 Å². The first-order chi connectivity index (χ1) is 14.3. The molecule has 8 heteroatoms. The maximum atomic E-state index is 13.1. The van der Waals surface area contributed by atoms with Crippen LogP contribution in [0.2, 0.25) is 0 Å². The smallest absolute Gasteiger partial charge is 0.347 e. The summed E-state index contributed by atoms with van der Waals surface area (Å²) in [6.45, 7) is 5.45. The molecule has 0 aliphatic rings. The van der Waals surface area contributed by atoms with Crippen LogP contribution in [0.5, 0.6) is 5.75 Å². The lowest BCUT2D eigenvalue weighted by Gasteiger charge is -2.27. The zero-order chi connectivity index (χ0) is 21.7. The number of aromatic nitrogens is 2. The van der Waals surface area contributed by atoms with Gasteiger partial charge in [-0.15, -0.1) is 22.0 Å². The molecule has 3 rings (SSSR count). The van der Waals surface area contributed by atoms with Gasteiger partial charge in [0.25, 0.3) is 0 Å². The van der Waals surface area contributed by atoms with E-state index < -0.39 is 11.6 Å². The predicted molar refractivity (Wildman–Crippen MR) is 118 cm³/mol. The number of hydrogen-bond donors (Lipinski definition) is 1. The number of nitrogens with zero attached hydrogens (tertiary/aromatic N) is 2. The number of thioether (sulfide) groups is 1. The number of benzene rings is 2. The maximum Gasteiger partial charge on any atom is 0.347 e. The Kier molecular flexibility index (Phi) is 7.10. The molecule has 0 saturated heterocycles. The lowest BCUT2D eigenvalue weighted by atomic mass is 10.0. The van der Waals surface area contributed by atoms with E-state index in [2.05, 4.69) is 10.2 Å². The van der Waals surface area contributed by atoms with Gasteiger partial charge < -0.3 is 9.84 Å². The zero-order valence-corrected chi connectivity index (χ0v) is 18.6. The Labute approximate surface area is 183 Å². The lowest BCUT2D eigenvalue weighted by molar-refractivity contribution is -0.154. The third kappa shape index (κ3) is 5.37. The van der Waals surface area contributed by atoms with E-state index in [4.69, 9.17) is 4.74 Å². The standard InChI is InChI=1S/C22H23FN2O3S2/c1-4-11-22(3,21(26)27)28-18-10-9-17(12-14(18)2)29-13-19-24-25-20(30-19)15-5-7-16(23)8-6-15/h5-10,12H,4,11,13H2,1-3H3,(H,26,27). The van der Waals surface area contributed by atoms with Crippen molar-refractivity contribution in [2.24, 2.45) is 0 Å². The van der Waals surface area contributed by atoms with Crippen molar-refractivity contribution in [2.75, 3.05) is 0 Å². The highest BCUT2D eigenvalue weighted by Crippen LogP contribution is 2.32. The largest absolute Gasteiger partial charge is 0.478 e. The van der Waals surface area contributed by atoms with Crippen molar-refractivity contribution in [1.29, 1.82) is 0 Å². The minimum Gasteiger partial charge on any atom is -0.478 e. The minimum absolute atomic E-state index is 0.278. The highest BCUT2D eigenvalue weighted by atomic mass is 32.2. The highest BCUT2D eigenvalue weighted by molar-refractivity contribution is 7.98. The monoisotopic (exact) mass is 446 g/mol. The first kappa shape index (κ1) is 22.2. The summed E-state index contributed by atoms with van der Waals surface area (Å²) in [5.74, 6) is -0.0101. The number of hydrogen-bond acceptors (Lipinski definition) is 6. The van der Waals surface area contributed by atoms with Crippen LogP contribution in [0.15, 0.2) is 47.4 Å². The van der Waals surface area contributed by atoms with Gasteiger partial charge in [-0.05, 0) is 68.3 Å². The predicted octanol–water partition coefficient (Wildman–Crippen LogP) is 5.97. The fraction of sp³-hybridized carbons (Fsp3) is 0.318. The summed E-state index contributed by atoms with van der Waals surface area (Å²) < 4.78 is 18.9. The summed E-state index contributed by atoms with van der Waals surface area (Å²) in [4.78, 5) is 12.6. The van der Waals surface area contributed by atoms with Gasteiger partial charge in [0.05, 0.1) is 5.75 Å². The van der Waals surface area contributed by atoms with Crippen molar-refractivity contribution in [3.8, 4) is 16.3 Å². The van der Waals surface area contributed by atoms with Crippen LogP contribution >= 0.6 is 23.1 Å². The first-order valence-electron chi connectivity index (χ1n) is 9.55. The SMILES string of the molecule is CCCC(C)(Oc1ccc(SCc2nnc(-c3ccc(F)cc3)s2)cc1C)C(=O)O. The summed E-state index contributed by atoms with van der Waals surface area (Å²) >= 11 is 3.10. The van der Waals surface area contributed by atoms with E-state index in [1.807, 2.05) is 32.0 Å². The second-order valence-corrected chi connectivity index (χ2v) is 9.22. The Morgan fingerprint density at radius 2 is 1.97 bits per heavy atom. The van der Waals surface area contributed by atoms with Crippen LogP contribution in [0.25, 0.3) is 10.6 Å². The van der Waals surface area contributed by atoms with Gasteiger partial charge in [0.2, 0.25) is 5.60 Å². The van der Waals surface area contributed by atoms with E-state index in [-0.39, 0.29) is 5.82 Å². The van der Waals surface area contributed by atoms with Gasteiger partial charge >= 0.3 is 5.97 Å². The molecule has 158 valence electrons. The van der Waals surface area contributed by atoms with E-state index in [9.17, 15) is 14.3 Å². The average molecular weight is 447 g/mol. The van der Waals surface area contributed by atoms with Gasteiger partial charge in [-0.3, -0.25) is 0 Å². The van der Waals surface area contributed by atoms with Crippen molar-refractivity contribution >= 4 is 29.1 Å². The average Bonchev–Trinajstić information content (AvgIpc) is 3.18. The van der Waals surface area contributed by atoms with Crippen LogP contribution in [0.1, 0.15) is 37.3 Å². The number of carboxylic acids is 1. The van der Waals surface area contributed by atoms with Crippen molar-refractivity contribution in [1.82, 2.24) is 10.2 Å². The number of carboxylic acid groups (broad SMARTS) is 1. The Morgan fingerprint density at radius 3 is 2.60 bits per heavy atom. The van der Waals surface area contributed by atoms with E-state index in [0.717, 1.165) is 32.5 Å². The molecule has 0 fully saturated rings. The van der Waals surface area contributed by atoms with Crippen LogP contribution in [0.4, 0.5) is 4.39 Å². The van der Waals surface area contributed by atoms with Gasteiger partial charge in [-0.25, -0.2) is 9.18 Å². The highest BCUT2D eigenvalue weighted by Gasteiger charge is 2.35. The quantitative estimate of drug-likeness (QED) is 0.409. The van der Waals surface area contributed by atoms with Crippen molar-refractivity contribution < 1.29 is 19.0 Å². The molecule has 5 nitrogen and oxygen atoms in total. The number of aryl methyl sites for hydroxylation is 1. The number of aliphatic carboxylic acids is 1. The van der Waals surface area contributed by atoms with E-state index in [1.165, 1.54) is 23.5 Å². The van der Waals surface area contributed by atoms with Gasteiger partial charge in [-0.1, -0.05) is 24.7 Å². The van der Waals surface area contributed by atoms with Crippen LogP contribution in [0, 0.1) is 12.7 Å². The fourth-order valence-electron chi connectivity index (χ4n) is 2.91. The molecule has 3 aromatic rings. The first-order valence-corrected chi connectivity index (χ1v) is 11.3. The van der Waals surface area contributed by atoms with Crippen molar-refractivity contribution in [2.45, 2.75) is 49.9 Å². The lowest BCUT2D eigenvalue weighted by Crippen LogP contribution is -2.41. The second-order valence-electron chi connectivity index (χ2n) is 7.11. The van der Waals surface area contributed by atoms with Crippen LogP contribution in [0.3, 0.4) is 0 Å². The van der Waals surface area contributed by atoms with Crippen LogP contribution in [-0.2, 0) is 10.5 Å². The zero-order valence-electron chi connectivity index (χ0n) is 17.0. The summed E-state index contributed by atoms with van der Waals surface area (Å²) in [7, 11) is 0. The minimum atomic E-state index is -1.24. The van der Waals surface area contributed by atoms with Gasteiger partial charge in [0, 0.05) is 10.5 Å². The van der Waals surface area contributed by atoms with E-state index >= 15 is 0 Å². The number of carbonyl (C=O) groups is 1. The number of rotatable bonds is 9. The molecular weight excluding hydrogens is 423 g/mol. The fourth-order valence-corrected chi connectivity index (χ4v) is 4.74. The molecule has 0 aliphatic heterocycles. The molecule has 2 aromatic carbocycles. The molecule has 1 aromatic heterocycles. The Hall–Kier alpha value is -2.45. The maximum absolute atomic E-state index is 13.1. The molecule has 0 saturated carbocycles. The van der Waals surface area contributed by atoms with Gasteiger partial charge in [0.15, 0.2) is 0 Å². The van der Waals surface area contributed by atoms with E-state index in [1.54, 1.807) is 30.8 Å². The van der Waals surface area contributed by atoms with Crippen LogP contribution < -0.4 is 4.74 Å². The van der Waals surface area contributed by atoms with E-state index in [0.29, 0.717) is 17.9 Å². The van der Waals surface area contributed by atoms with Crippen molar-refractivity contribution in [3.63, 3.8) is 0 Å². The molecule has 1 unspecified atom stereocenters.